The summed E-state index contributed by atoms with van der Waals surface area (Å²) in [6, 6.07) is 15.6. The van der Waals surface area contributed by atoms with Gasteiger partial charge >= 0.3 is 0 Å². The van der Waals surface area contributed by atoms with Gasteiger partial charge in [-0.3, -0.25) is 0 Å². The van der Waals surface area contributed by atoms with Gasteiger partial charge in [-0.1, -0.05) is 30.3 Å². The highest BCUT2D eigenvalue weighted by Gasteiger charge is 2.40. The van der Waals surface area contributed by atoms with E-state index in [0.29, 0.717) is 16.7 Å². The molecule has 0 bridgehead atoms. The number of nitrogens with one attached hydrogen (secondary N) is 1. The molecule has 0 radical (unpaired) electrons. The largest absolute Gasteiger partial charge is 0.330 e. The Morgan fingerprint density at radius 2 is 1.95 bits per heavy atom. The van der Waals surface area contributed by atoms with Gasteiger partial charge < -0.3 is 9.55 Å². The molecule has 20 heavy (non-hydrogen) atoms. The maximum absolute atomic E-state index is 13.3. The van der Waals surface area contributed by atoms with Crippen LogP contribution in [0.15, 0.2) is 48.5 Å². The van der Waals surface area contributed by atoms with Crippen LogP contribution in [0, 0.1) is 10.6 Å². The van der Waals surface area contributed by atoms with Gasteiger partial charge in [0.15, 0.2) is 4.77 Å². The Bertz CT molecular complexity index is 835. The van der Waals surface area contributed by atoms with Crippen LogP contribution in [0.25, 0.3) is 11.0 Å². The summed E-state index contributed by atoms with van der Waals surface area (Å²) < 4.78 is 16.1. The van der Waals surface area contributed by atoms with E-state index in [9.17, 15) is 4.39 Å². The predicted octanol–water partition coefficient (Wildman–Crippen LogP) is 4.57. The summed E-state index contributed by atoms with van der Waals surface area (Å²) in [5.41, 5.74) is 3.10. The molecule has 0 aliphatic heterocycles. The lowest BCUT2D eigenvalue weighted by atomic mass is 10.1. The van der Waals surface area contributed by atoms with Gasteiger partial charge in [-0.2, -0.15) is 0 Å². The quantitative estimate of drug-likeness (QED) is 0.684. The summed E-state index contributed by atoms with van der Waals surface area (Å²) in [4.78, 5) is 3.10. The van der Waals surface area contributed by atoms with Crippen molar-refractivity contribution in [3.05, 3.63) is 64.7 Å². The van der Waals surface area contributed by atoms with E-state index in [2.05, 4.69) is 33.8 Å². The fraction of sp³-hybridized carbons (Fsp3) is 0.188. The third-order valence-electron chi connectivity index (χ3n) is 3.99. The number of aromatic nitrogens is 2. The van der Waals surface area contributed by atoms with Crippen molar-refractivity contribution in [3.8, 4) is 0 Å². The molecule has 1 aliphatic carbocycles. The van der Waals surface area contributed by atoms with Crippen molar-refractivity contribution in [2.45, 2.75) is 18.4 Å². The number of rotatable bonds is 2. The number of aromatic amines is 1. The SMILES string of the molecule is Fc1ccc2c(c1)[nH]c(=S)n2C1CC1c1ccccc1. The Kier molecular flexibility index (Phi) is 2.54. The molecular formula is C16H13FN2S. The topological polar surface area (TPSA) is 20.7 Å². The van der Waals surface area contributed by atoms with Crippen molar-refractivity contribution in [1.29, 1.82) is 0 Å². The lowest BCUT2D eigenvalue weighted by molar-refractivity contribution is 0.629. The molecule has 0 saturated heterocycles. The van der Waals surface area contributed by atoms with Crippen molar-refractivity contribution in [2.24, 2.45) is 0 Å². The first-order chi connectivity index (χ1) is 9.74. The van der Waals surface area contributed by atoms with Crippen LogP contribution < -0.4 is 0 Å². The number of H-pyrrole nitrogens is 1. The van der Waals surface area contributed by atoms with Gasteiger partial charge in [-0.25, -0.2) is 4.39 Å². The van der Waals surface area contributed by atoms with Crippen molar-refractivity contribution in [1.82, 2.24) is 9.55 Å². The highest BCUT2D eigenvalue weighted by molar-refractivity contribution is 7.71. The number of benzene rings is 2. The highest BCUT2D eigenvalue weighted by Crippen LogP contribution is 2.52. The van der Waals surface area contributed by atoms with Gasteiger partial charge in [0.25, 0.3) is 0 Å². The van der Waals surface area contributed by atoms with Crippen LogP contribution in [0.1, 0.15) is 23.9 Å². The molecule has 2 unspecified atom stereocenters. The monoisotopic (exact) mass is 284 g/mol. The van der Waals surface area contributed by atoms with Gasteiger partial charge in [0, 0.05) is 12.0 Å². The zero-order valence-corrected chi connectivity index (χ0v) is 11.5. The minimum atomic E-state index is -0.240. The Morgan fingerprint density at radius 3 is 2.75 bits per heavy atom. The number of hydrogen-bond acceptors (Lipinski definition) is 1. The molecule has 1 saturated carbocycles. The Labute approximate surface area is 120 Å². The van der Waals surface area contributed by atoms with Crippen LogP contribution in [0.2, 0.25) is 0 Å². The fourth-order valence-electron chi connectivity index (χ4n) is 2.96. The van der Waals surface area contributed by atoms with Crippen molar-refractivity contribution < 1.29 is 4.39 Å². The van der Waals surface area contributed by atoms with Crippen LogP contribution >= 0.6 is 12.2 Å². The second kappa shape index (κ2) is 4.28. The molecule has 4 heteroatoms. The summed E-state index contributed by atoms with van der Waals surface area (Å²) in [5, 5.41) is 0. The molecule has 2 aromatic carbocycles. The van der Waals surface area contributed by atoms with E-state index in [1.165, 1.54) is 17.7 Å². The summed E-state index contributed by atoms with van der Waals surface area (Å²) in [7, 11) is 0. The van der Waals surface area contributed by atoms with Gasteiger partial charge in [-0.15, -0.1) is 0 Å². The minimum Gasteiger partial charge on any atom is -0.330 e. The number of fused-ring (bicyclic) bond motifs is 1. The van der Waals surface area contributed by atoms with E-state index in [-0.39, 0.29) is 5.82 Å². The molecule has 1 aliphatic rings. The van der Waals surface area contributed by atoms with Gasteiger partial charge in [0.1, 0.15) is 5.82 Å². The van der Waals surface area contributed by atoms with E-state index in [1.807, 2.05) is 6.07 Å². The molecule has 2 atom stereocenters. The zero-order valence-electron chi connectivity index (χ0n) is 10.7. The van der Waals surface area contributed by atoms with Crippen LogP contribution in [0.3, 0.4) is 0 Å². The second-order valence-corrected chi connectivity index (χ2v) is 5.67. The molecule has 0 amide bonds. The Hall–Kier alpha value is -1.94. The first kappa shape index (κ1) is 11.9. The highest BCUT2D eigenvalue weighted by atomic mass is 32.1. The summed E-state index contributed by atoms with van der Waals surface area (Å²) in [6.07, 6.45) is 1.09. The van der Waals surface area contributed by atoms with Crippen LogP contribution in [-0.2, 0) is 0 Å². The Morgan fingerprint density at radius 1 is 1.15 bits per heavy atom. The van der Waals surface area contributed by atoms with Crippen molar-refractivity contribution >= 4 is 23.3 Å². The third-order valence-corrected chi connectivity index (χ3v) is 4.29. The first-order valence-electron chi connectivity index (χ1n) is 6.69. The smallest absolute Gasteiger partial charge is 0.178 e. The molecule has 100 valence electrons. The first-order valence-corrected chi connectivity index (χ1v) is 7.09. The Balaban J connectivity index is 1.78. The number of imidazole rings is 1. The molecule has 1 aromatic heterocycles. The van der Waals surface area contributed by atoms with E-state index < -0.39 is 0 Å². The van der Waals surface area contributed by atoms with E-state index in [0.717, 1.165) is 17.5 Å². The molecule has 0 spiro atoms. The second-order valence-electron chi connectivity index (χ2n) is 5.28. The van der Waals surface area contributed by atoms with E-state index >= 15 is 0 Å². The molecular weight excluding hydrogens is 271 g/mol. The average molecular weight is 284 g/mol. The molecule has 1 N–H and O–H groups in total. The maximum atomic E-state index is 13.3. The number of hydrogen-bond donors (Lipinski definition) is 1. The zero-order chi connectivity index (χ0) is 13.7. The van der Waals surface area contributed by atoms with Crippen molar-refractivity contribution in [3.63, 3.8) is 0 Å². The van der Waals surface area contributed by atoms with Gasteiger partial charge in [0.05, 0.1) is 11.0 Å². The van der Waals surface area contributed by atoms with E-state index in [1.54, 1.807) is 6.07 Å². The molecule has 1 heterocycles. The summed E-state index contributed by atoms with van der Waals surface area (Å²) in [6.45, 7) is 0. The van der Waals surface area contributed by atoms with Gasteiger partial charge in [-0.05, 0) is 42.4 Å². The number of nitrogens with zero attached hydrogens (tertiary/aromatic N) is 1. The molecule has 2 nitrogen and oxygen atoms in total. The minimum absolute atomic E-state index is 0.240. The van der Waals surface area contributed by atoms with Gasteiger partial charge in [0.2, 0.25) is 0 Å². The lowest BCUT2D eigenvalue weighted by Gasteiger charge is -2.04. The molecule has 1 fully saturated rings. The van der Waals surface area contributed by atoms with E-state index in [4.69, 9.17) is 12.2 Å². The maximum Gasteiger partial charge on any atom is 0.178 e. The lowest BCUT2D eigenvalue weighted by Crippen LogP contribution is -1.96. The normalized spacial score (nSPS) is 21.2. The van der Waals surface area contributed by atoms with Crippen LogP contribution in [0.5, 0.6) is 0 Å². The van der Waals surface area contributed by atoms with Crippen molar-refractivity contribution in [2.75, 3.05) is 0 Å². The van der Waals surface area contributed by atoms with Crippen LogP contribution in [0.4, 0.5) is 4.39 Å². The number of halogens is 1. The summed E-state index contributed by atoms with van der Waals surface area (Å²) in [5.74, 6) is 0.267. The van der Waals surface area contributed by atoms with Crippen LogP contribution in [-0.4, -0.2) is 9.55 Å². The fourth-order valence-corrected chi connectivity index (χ4v) is 3.30. The molecule has 3 aromatic rings. The summed E-state index contributed by atoms with van der Waals surface area (Å²) >= 11 is 5.40. The standard InChI is InChI=1S/C16H13FN2S/c17-11-6-7-14-13(8-11)18-16(20)19(14)15-9-12(15)10-4-2-1-3-5-10/h1-8,12,15H,9H2,(H,18,20). The predicted molar refractivity (Wildman–Crippen MR) is 79.9 cm³/mol. The molecule has 4 rings (SSSR count). The third kappa shape index (κ3) is 1.79. The average Bonchev–Trinajstić information content (AvgIpc) is 3.16.